The molecule has 0 bridgehead atoms. The summed E-state index contributed by atoms with van der Waals surface area (Å²) in [5.41, 5.74) is 0.450. The second kappa shape index (κ2) is 10.9. The first-order valence-corrected chi connectivity index (χ1v) is 12.3. The third kappa shape index (κ3) is 7.40. The number of halogens is 3. The summed E-state index contributed by atoms with van der Waals surface area (Å²) < 4.78 is 52.5. The molecule has 0 aliphatic rings. The van der Waals surface area contributed by atoms with Crippen LogP contribution in [0.4, 0.5) is 14.5 Å². The van der Waals surface area contributed by atoms with Crippen LogP contribution in [0.1, 0.15) is 26.3 Å². The maximum absolute atomic E-state index is 13.7. The Bertz CT molecular complexity index is 1110. The standard InChI is InChI=1S/C22H26ClF2N3O4S/c1-14(2)26-22(30)15(3)27(12-16-5-7-17(23)8-6-16)21(29)13-28(33(4,31)32)18-9-10-19(24)20(25)11-18/h5-11,14-15H,12-13H2,1-4H3,(H,26,30)/t15-/m1/s1. The molecule has 0 saturated heterocycles. The molecule has 33 heavy (non-hydrogen) atoms. The van der Waals surface area contributed by atoms with Gasteiger partial charge >= 0.3 is 0 Å². The highest BCUT2D eigenvalue weighted by Crippen LogP contribution is 2.22. The van der Waals surface area contributed by atoms with E-state index in [2.05, 4.69) is 5.32 Å². The van der Waals surface area contributed by atoms with E-state index in [-0.39, 0.29) is 18.3 Å². The lowest BCUT2D eigenvalue weighted by molar-refractivity contribution is -0.139. The van der Waals surface area contributed by atoms with Crippen molar-refractivity contribution in [2.45, 2.75) is 39.4 Å². The summed E-state index contributed by atoms with van der Waals surface area (Å²) in [4.78, 5) is 27.1. The number of carbonyl (C=O) groups is 2. The minimum atomic E-state index is -4.04. The summed E-state index contributed by atoms with van der Waals surface area (Å²) in [5, 5.41) is 3.21. The van der Waals surface area contributed by atoms with Gasteiger partial charge in [-0.15, -0.1) is 0 Å². The van der Waals surface area contributed by atoms with E-state index in [4.69, 9.17) is 11.6 Å². The van der Waals surface area contributed by atoms with Gasteiger partial charge in [0.15, 0.2) is 11.6 Å². The number of hydrogen-bond donors (Lipinski definition) is 1. The lowest BCUT2D eigenvalue weighted by Crippen LogP contribution is -2.52. The lowest BCUT2D eigenvalue weighted by Gasteiger charge is -2.32. The summed E-state index contributed by atoms with van der Waals surface area (Å²) in [6, 6.07) is 8.03. The summed E-state index contributed by atoms with van der Waals surface area (Å²) in [6.45, 7) is 4.34. The number of amides is 2. The van der Waals surface area contributed by atoms with Gasteiger partial charge in [0, 0.05) is 23.7 Å². The Morgan fingerprint density at radius 1 is 1.03 bits per heavy atom. The van der Waals surface area contributed by atoms with Crippen molar-refractivity contribution in [1.82, 2.24) is 10.2 Å². The van der Waals surface area contributed by atoms with Gasteiger partial charge in [-0.1, -0.05) is 23.7 Å². The minimum Gasteiger partial charge on any atom is -0.352 e. The fourth-order valence-corrected chi connectivity index (χ4v) is 4.00. The van der Waals surface area contributed by atoms with Crippen molar-refractivity contribution >= 4 is 39.1 Å². The molecule has 0 fully saturated rings. The number of anilines is 1. The van der Waals surface area contributed by atoms with E-state index in [1.807, 2.05) is 0 Å². The second-order valence-electron chi connectivity index (χ2n) is 7.86. The van der Waals surface area contributed by atoms with Gasteiger partial charge in [0.2, 0.25) is 21.8 Å². The molecule has 2 aromatic carbocycles. The highest BCUT2D eigenvalue weighted by atomic mass is 35.5. The van der Waals surface area contributed by atoms with Crippen molar-refractivity contribution < 1.29 is 26.8 Å². The van der Waals surface area contributed by atoms with Crippen molar-refractivity contribution in [2.75, 3.05) is 17.1 Å². The maximum atomic E-state index is 13.7. The molecular formula is C22H26ClF2N3O4S. The zero-order valence-electron chi connectivity index (χ0n) is 18.7. The van der Waals surface area contributed by atoms with Gasteiger partial charge in [-0.3, -0.25) is 13.9 Å². The van der Waals surface area contributed by atoms with Crippen molar-refractivity contribution in [2.24, 2.45) is 0 Å². The monoisotopic (exact) mass is 501 g/mol. The number of benzene rings is 2. The fourth-order valence-electron chi connectivity index (χ4n) is 3.03. The molecule has 2 aromatic rings. The van der Waals surface area contributed by atoms with Gasteiger partial charge in [-0.05, 0) is 50.6 Å². The largest absolute Gasteiger partial charge is 0.352 e. The Hall–Kier alpha value is -2.72. The van der Waals surface area contributed by atoms with Crippen LogP contribution in [0, 0.1) is 11.6 Å². The van der Waals surface area contributed by atoms with E-state index in [1.165, 1.54) is 11.8 Å². The van der Waals surface area contributed by atoms with E-state index in [0.717, 1.165) is 18.4 Å². The average molecular weight is 502 g/mol. The van der Waals surface area contributed by atoms with Crippen LogP contribution in [0.2, 0.25) is 5.02 Å². The number of sulfonamides is 1. The third-order valence-electron chi connectivity index (χ3n) is 4.73. The second-order valence-corrected chi connectivity index (χ2v) is 10.2. The Morgan fingerprint density at radius 3 is 2.15 bits per heavy atom. The number of nitrogens with zero attached hydrogens (tertiary/aromatic N) is 2. The maximum Gasteiger partial charge on any atom is 0.244 e. The number of hydrogen-bond acceptors (Lipinski definition) is 4. The van der Waals surface area contributed by atoms with Gasteiger partial charge in [-0.2, -0.15) is 0 Å². The molecule has 1 atom stereocenters. The first-order chi connectivity index (χ1) is 15.3. The van der Waals surface area contributed by atoms with Crippen molar-refractivity contribution in [3.8, 4) is 0 Å². The fraction of sp³-hybridized carbons (Fsp3) is 0.364. The van der Waals surface area contributed by atoms with E-state index in [9.17, 15) is 26.8 Å². The molecule has 0 heterocycles. The van der Waals surface area contributed by atoms with Crippen LogP contribution in [0.15, 0.2) is 42.5 Å². The Labute approximate surface area is 197 Å². The Kier molecular flexibility index (Phi) is 8.79. The lowest BCUT2D eigenvalue weighted by atomic mass is 10.1. The van der Waals surface area contributed by atoms with Gasteiger partial charge in [0.05, 0.1) is 11.9 Å². The molecule has 0 unspecified atom stereocenters. The van der Waals surface area contributed by atoms with E-state index < -0.39 is 46.1 Å². The van der Waals surface area contributed by atoms with E-state index >= 15 is 0 Å². The average Bonchev–Trinajstić information content (AvgIpc) is 2.71. The van der Waals surface area contributed by atoms with Crippen LogP contribution < -0.4 is 9.62 Å². The molecule has 1 N–H and O–H groups in total. The normalized spacial score (nSPS) is 12.4. The minimum absolute atomic E-state index is 0.00192. The molecule has 7 nitrogen and oxygen atoms in total. The summed E-state index contributed by atoms with van der Waals surface area (Å²) in [6.07, 6.45) is 0.847. The van der Waals surface area contributed by atoms with Crippen LogP contribution in [-0.4, -0.2) is 50.0 Å². The van der Waals surface area contributed by atoms with Gasteiger partial charge in [0.1, 0.15) is 12.6 Å². The van der Waals surface area contributed by atoms with Gasteiger partial charge in [-0.25, -0.2) is 17.2 Å². The smallest absolute Gasteiger partial charge is 0.244 e. The van der Waals surface area contributed by atoms with Gasteiger partial charge < -0.3 is 10.2 Å². The van der Waals surface area contributed by atoms with E-state index in [1.54, 1.807) is 38.1 Å². The van der Waals surface area contributed by atoms with Gasteiger partial charge in [0.25, 0.3) is 0 Å². The van der Waals surface area contributed by atoms with Crippen molar-refractivity contribution in [3.63, 3.8) is 0 Å². The molecular weight excluding hydrogens is 476 g/mol. The van der Waals surface area contributed by atoms with Crippen LogP contribution in [0.5, 0.6) is 0 Å². The predicted octanol–water partition coefficient (Wildman–Crippen LogP) is 3.33. The molecule has 0 aliphatic heterocycles. The Morgan fingerprint density at radius 2 is 1.64 bits per heavy atom. The summed E-state index contributed by atoms with van der Waals surface area (Å²) in [5.74, 6) is -3.53. The molecule has 0 aliphatic carbocycles. The third-order valence-corrected chi connectivity index (χ3v) is 6.13. The highest BCUT2D eigenvalue weighted by Gasteiger charge is 2.30. The number of rotatable bonds is 9. The molecule has 0 saturated carbocycles. The number of carbonyl (C=O) groups excluding carboxylic acids is 2. The highest BCUT2D eigenvalue weighted by molar-refractivity contribution is 7.92. The zero-order valence-corrected chi connectivity index (χ0v) is 20.3. The number of nitrogens with one attached hydrogen (secondary N) is 1. The molecule has 0 aromatic heterocycles. The van der Waals surface area contributed by atoms with Crippen LogP contribution in [-0.2, 0) is 26.2 Å². The van der Waals surface area contributed by atoms with Crippen molar-refractivity contribution in [1.29, 1.82) is 0 Å². The Balaban J connectivity index is 2.40. The molecule has 0 radical (unpaired) electrons. The zero-order chi connectivity index (χ0) is 24.9. The predicted molar refractivity (Wildman–Crippen MR) is 123 cm³/mol. The molecule has 0 spiro atoms. The summed E-state index contributed by atoms with van der Waals surface area (Å²) >= 11 is 5.92. The van der Waals surface area contributed by atoms with Crippen molar-refractivity contribution in [3.05, 3.63) is 64.7 Å². The first-order valence-electron chi connectivity index (χ1n) is 10.1. The molecule has 2 rings (SSSR count). The molecule has 180 valence electrons. The molecule has 11 heteroatoms. The van der Waals surface area contributed by atoms with E-state index in [0.29, 0.717) is 21.0 Å². The van der Waals surface area contributed by atoms with Crippen LogP contribution in [0.3, 0.4) is 0 Å². The van der Waals surface area contributed by atoms with Crippen LogP contribution >= 0.6 is 11.6 Å². The van der Waals surface area contributed by atoms with Crippen LogP contribution in [0.25, 0.3) is 0 Å². The molecule has 2 amide bonds. The topological polar surface area (TPSA) is 86.8 Å². The first kappa shape index (κ1) is 26.5. The SMILES string of the molecule is CC(C)NC(=O)[C@@H](C)N(Cc1ccc(Cl)cc1)C(=O)CN(c1ccc(F)c(F)c1)S(C)(=O)=O. The quantitative estimate of drug-likeness (QED) is 0.571. The summed E-state index contributed by atoms with van der Waals surface area (Å²) in [7, 11) is -4.04.